The molecule has 0 unspecified atom stereocenters. The molecule has 0 bridgehead atoms. The second-order valence-electron chi connectivity index (χ2n) is 4.90. The second-order valence-corrected chi connectivity index (χ2v) is 4.90. The number of nitrogens with zero attached hydrogens (tertiary/aromatic N) is 5. The molecule has 7 heteroatoms. The van der Waals surface area contributed by atoms with Crippen molar-refractivity contribution in [3.8, 4) is 0 Å². The molecule has 0 spiro atoms. The fourth-order valence-electron chi connectivity index (χ4n) is 2.13. The van der Waals surface area contributed by atoms with Gasteiger partial charge in [0, 0.05) is 36.3 Å². The van der Waals surface area contributed by atoms with Crippen LogP contribution in [-0.2, 0) is 6.54 Å². The van der Waals surface area contributed by atoms with Crippen LogP contribution in [0.15, 0.2) is 53.8 Å². The van der Waals surface area contributed by atoms with Crippen LogP contribution in [0.3, 0.4) is 0 Å². The Morgan fingerprint density at radius 3 is 2.52 bits per heavy atom. The number of nitrogens with one attached hydrogen (secondary N) is 1. The number of pyridine rings is 1. The van der Waals surface area contributed by atoms with Gasteiger partial charge in [-0.25, -0.2) is 4.98 Å². The third kappa shape index (κ3) is 6.63. The minimum atomic E-state index is -0.573. The zero-order chi connectivity index (χ0) is 18.5. The van der Waals surface area contributed by atoms with Crippen molar-refractivity contribution in [3.63, 3.8) is 0 Å². The number of hydrogen-bond acceptors (Lipinski definition) is 4. The quantitative estimate of drug-likeness (QED) is 0.471. The van der Waals surface area contributed by atoms with Crippen molar-refractivity contribution in [3.05, 3.63) is 70.2 Å². The molecule has 0 radical (unpaired) electrons. The Kier molecular flexibility index (Phi) is 9.36. The summed E-state index contributed by atoms with van der Waals surface area (Å²) < 4.78 is 0. The largest absolute Gasteiger partial charge is 0.351 e. The highest BCUT2D eigenvalue weighted by molar-refractivity contribution is 5.94. The van der Waals surface area contributed by atoms with Crippen molar-refractivity contribution in [2.24, 2.45) is 5.11 Å². The lowest BCUT2D eigenvalue weighted by molar-refractivity contribution is 0.100. The number of amides is 1. The first-order valence-corrected chi connectivity index (χ1v) is 8.23. The van der Waals surface area contributed by atoms with Gasteiger partial charge >= 0.3 is 0 Å². The summed E-state index contributed by atoms with van der Waals surface area (Å²) in [5.74, 6) is 0.327. The van der Waals surface area contributed by atoms with E-state index in [-0.39, 0.29) is 0 Å². The van der Waals surface area contributed by atoms with Crippen LogP contribution < -0.4 is 10.2 Å². The molecule has 7 nitrogen and oxygen atoms in total. The Morgan fingerprint density at radius 2 is 1.96 bits per heavy atom. The van der Waals surface area contributed by atoms with E-state index in [0.29, 0.717) is 12.1 Å². The molecule has 0 saturated heterocycles. The highest BCUT2D eigenvalue weighted by Gasteiger charge is 2.09. The topological polar surface area (TPSA) is 94.0 Å². The lowest BCUT2D eigenvalue weighted by Crippen LogP contribution is -2.31. The van der Waals surface area contributed by atoms with Crippen molar-refractivity contribution >= 4 is 11.7 Å². The molecule has 0 fully saturated rings. The van der Waals surface area contributed by atoms with Crippen LogP contribution in [0.1, 0.15) is 29.8 Å². The van der Waals surface area contributed by atoms with Crippen molar-refractivity contribution < 1.29 is 4.79 Å². The summed E-state index contributed by atoms with van der Waals surface area (Å²) in [6, 6.07) is 12.9. The Morgan fingerprint density at radius 1 is 1.24 bits per heavy atom. The van der Waals surface area contributed by atoms with Gasteiger partial charge in [-0.1, -0.05) is 44.2 Å². The van der Waals surface area contributed by atoms with Crippen molar-refractivity contribution in [1.29, 1.82) is 0 Å². The van der Waals surface area contributed by atoms with E-state index in [1.54, 1.807) is 18.3 Å². The molecule has 25 heavy (non-hydrogen) atoms. The standard InChI is InChI=1S/C16H18N6O.C2H6/c1-18-10-11-22(15-4-2-3-9-19-15)12-13-5-7-14(8-6-13)16(23)20-21-17;1-2/h2-9,18H,10-12H2,1H3;1-2H3. The average molecular weight is 340 g/mol. The first-order valence-electron chi connectivity index (χ1n) is 8.23. The molecule has 1 aromatic carbocycles. The van der Waals surface area contributed by atoms with Gasteiger partial charge in [0.15, 0.2) is 0 Å². The van der Waals surface area contributed by atoms with Gasteiger partial charge in [-0.15, -0.1) is 0 Å². The van der Waals surface area contributed by atoms with E-state index in [1.165, 1.54) is 0 Å². The van der Waals surface area contributed by atoms with E-state index in [4.69, 9.17) is 5.53 Å². The Labute approximate surface area is 148 Å². The van der Waals surface area contributed by atoms with E-state index in [9.17, 15) is 4.79 Å². The third-order valence-corrected chi connectivity index (χ3v) is 3.31. The molecule has 2 aromatic rings. The molecule has 132 valence electrons. The van der Waals surface area contributed by atoms with E-state index >= 15 is 0 Å². The lowest BCUT2D eigenvalue weighted by Gasteiger charge is -2.23. The molecule has 0 atom stereocenters. The summed E-state index contributed by atoms with van der Waals surface area (Å²) in [6.07, 6.45) is 1.77. The molecule has 1 amide bonds. The van der Waals surface area contributed by atoms with Crippen LogP contribution in [0, 0.1) is 0 Å². The van der Waals surface area contributed by atoms with E-state index < -0.39 is 5.91 Å². The van der Waals surface area contributed by atoms with Crippen LogP contribution in [0.2, 0.25) is 0 Å². The van der Waals surface area contributed by atoms with Gasteiger partial charge in [0.05, 0.1) is 0 Å². The summed E-state index contributed by atoms with van der Waals surface area (Å²) in [6.45, 7) is 6.33. The Balaban J connectivity index is 0.00000151. The van der Waals surface area contributed by atoms with Gasteiger partial charge in [0.1, 0.15) is 5.82 Å². The first-order chi connectivity index (χ1) is 12.2. The number of carbonyl (C=O) groups excluding carboxylic acids is 1. The van der Waals surface area contributed by atoms with Gasteiger partial charge < -0.3 is 10.2 Å². The molecule has 1 aromatic heterocycles. The zero-order valence-electron chi connectivity index (χ0n) is 14.9. The fourth-order valence-corrected chi connectivity index (χ4v) is 2.13. The van der Waals surface area contributed by atoms with Crippen molar-refractivity contribution in [2.45, 2.75) is 20.4 Å². The zero-order valence-corrected chi connectivity index (χ0v) is 14.9. The van der Waals surface area contributed by atoms with E-state index in [1.807, 2.05) is 51.2 Å². The summed E-state index contributed by atoms with van der Waals surface area (Å²) >= 11 is 0. The predicted octanol–water partition coefficient (Wildman–Crippen LogP) is 3.78. The first kappa shape index (κ1) is 20.2. The molecular formula is C18H24N6O. The van der Waals surface area contributed by atoms with Crippen LogP contribution in [0.5, 0.6) is 0 Å². The van der Waals surface area contributed by atoms with Crippen molar-refractivity contribution in [2.75, 3.05) is 25.0 Å². The smallest absolute Gasteiger partial charge is 0.249 e. The number of anilines is 1. The van der Waals surface area contributed by atoms with Crippen LogP contribution >= 0.6 is 0 Å². The van der Waals surface area contributed by atoms with Gasteiger partial charge in [0.25, 0.3) is 0 Å². The Bertz CT molecular complexity index is 680. The van der Waals surface area contributed by atoms with E-state index in [0.717, 1.165) is 24.5 Å². The number of azide groups is 1. The van der Waals surface area contributed by atoms with Gasteiger partial charge in [-0.05, 0) is 35.4 Å². The minimum Gasteiger partial charge on any atom is -0.351 e. The van der Waals surface area contributed by atoms with Crippen LogP contribution in [-0.4, -0.2) is 31.0 Å². The van der Waals surface area contributed by atoms with Crippen LogP contribution in [0.4, 0.5) is 5.82 Å². The number of benzene rings is 1. The lowest BCUT2D eigenvalue weighted by atomic mass is 10.1. The van der Waals surface area contributed by atoms with Gasteiger partial charge in [0.2, 0.25) is 5.91 Å². The second kappa shape index (κ2) is 11.6. The maximum absolute atomic E-state index is 11.5. The minimum absolute atomic E-state index is 0.381. The highest BCUT2D eigenvalue weighted by Crippen LogP contribution is 2.14. The van der Waals surface area contributed by atoms with Gasteiger partial charge in [-0.2, -0.15) is 0 Å². The molecule has 0 aliphatic carbocycles. The number of carbonyl (C=O) groups is 1. The number of rotatable bonds is 7. The molecule has 1 heterocycles. The third-order valence-electron chi connectivity index (χ3n) is 3.31. The maximum Gasteiger partial charge on any atom is 0.249 e. The fraction of sp³-hybridized carbons (Fsp3) is 0.333. The molecule has 0 aliphatic heterocycles. The summed E-state index contributed by atoms with van der Waals surface area (Å²) in [5, 5.41) is 6.22. The number of aromatic nitrogens is 1. The number of likely N-dealkylation sites (N-methyl/N-ethyl adjacent to an activating group) is 1. The molecule has 2 rings (SSSR count). The number of hydrogen-bond donors (Lipinski definition) is 1. The normalized spacial score (nSPS) is 9.40. The molecule has 0 saturated carbocycles. The highest BCUT2D eigenvalue weighted by atomic mass is 16.1. The molecule has 0 aliphatic rings. The monoisotopic (exact) mass is 340 g/mol. The van der Waals surface area contributed by atoms with Gasteiger partial charge in [-0.3, -0.25) is 4.79 Å². The van der Waals surface area contributed by atoms with Crippen LogP contribution in [0.25, 0.3) is 10.4 Å². The SMILES string of the molecule is CC.CNCCN(Cc1ccc(C(=O)N=[N+]=[N-])cc1)c1ccccn1. The van der Waals surface area contributed by atoms with Crippen molar-refractivity contribution in [1.82, 2.24) is 10.3 Å². The maximum atomic E-state index is 11.5. The van der Waals surface area contributed by atoms with E-state index in [2.05, 4.69) is 25.2 Å². The molecular weight excluding hydrogens is 316 g/mol. The summed E-state index contributed by atoms with van der Waals surface area (Å²) in [7, 11) is 1.91. The Hall–Kier alpha value is -2.89. The molecule has 1 N–H and O–H groups in total. The predicted molar refractivity (Wildman–Crippen MR) is 100 cm³/mol. The summed E-state index contributed by atoms with van der Waals surface area (Å²) in [5.41, 5.74) is 9.72. The summed E-state index contributed by atoms with van der Waals surface area (Å²) in [4.78, 5) is 20.5. The average Bonchev–Trinajstić information content (AvgIpc) is 2.68.